The Hall–Kier alpha value is -0.120. The van der Waals surface area contributed by atoms with E-state index < -0.39 is 0 Å². The molecule has 3 unspecified atom stereocenters. The number of rotatable bonds is 5. The SMILES string of the molecule is CCOCC(C)N1C2CCCC1CC(NC)C2. The summed E-state index contributed by atoms with van der Waals surface area (Å²) in [6.07, 6.45) is 6.83. The number of nitrogens with one attached hydrogen (secondary N) is 1. The van der Waals surface area contributed by atoms with E-state index in [9.17, 15) is 0 Å². The van der Waals surface area contributed by atoms with Gasteiger partial charge in [-0.25, -0.2) is 0 Å². The fourth-order valence-corrected chi connectivity index (χ4v) is 3.75. The summed E-state index contributed by atoms with van der Waals surface area (Å²) in [6, 6.07) is 2.90. The van der Waals surface area contributed by atoms with Crippen LogP contribution in [-0.2, 0) is 4.74 Å². The molecule has 2 heterocycles. The fourth-order valence-electron chi connectivity index (χ4n) is 3.75. The van der Waals surface area contributed by atoms with Crippen molar-refractivity contribution in [3.8, 4) is 0 Å². The minimum absolute atomic E-state index is 0.586. The lowest BCUT2D eigenvalue weighted by molar-refractivity contribution is -0.0332. The molecule has 3 nitrogen and oxygen atoms in total. The topological polar surface area (TPSA) is 24.5 Å². The first-order valence-electron chi connectivity index (χ1n) is 7.28. The van der Waals surface area contributed by atoms with Crippen molar-refractivity contribution < 1.29 is 4.74 Å². The number of fused-ring (bicyclic) bond motifs is 2. The van der Waals surface area contributed by atoms with Gasteiger partial charge in [-0.15, -0.1) is 0 Å². The lowest BCUT2D eigenvalue weighted by atomic mass is 9.81. The van der Waals surface area contributed by atoms with Gasteiger partial charge >= 0.3 is 0 Å². The molecule has 0 aliphatic carbocycles. The minimum atomic E-state index is 0.586. The smallest absolute Gasteiger partial charge is 0.0619 e. The van der Waals surface area contributed by atoms with Gasteiger partial charge in [-0.05, 0) is 46.6 Å². The van der Waals surface area contributed by atoms with Gasteiger partial charge in [0.2, 0.25) is 0 Å². The predicted molar refractivity (Wildman–Crippen MR) is 71.3 cm³/mol. The van der Waals surface area contributed by atoms with Crippen LogP contribution in [0.2, 0.25) is 0 Å². The highest BCUT2D eigenvalue weighted by Crippen LogP contribution is 2.35. The van der Waals surface area contributed by atoms with Crippen LogP contribution in [0, 0.1) is 0 Å². The molecule has 0 radical (unpaired) electrons. The van der Waals surface area contributed by atoms with Crippen LogP contribution in [0.1, 0.15) is 46.0 Å². The molecule has 100 valence electrons. The fraction of sp³-hybridized carbons (Fsp3) is 1.00. The lowest BCUT2D eigenvalue weighted by Crippen LogP contribution is -2.59. The van der Waals surface area contributed by atoms with E-state index in [4.69, 9.17) is 4.74 Å². The zero-order valence-corrected chi connectivity index (χ0v) is 11.6. The largest absolute Gasteiger partial charge is 0.380 e. The van der Waals surface area contributed by atoms with E-state index in [1.807, 2.05) is 0 Å². The molecule has 2 saturated heterocycles. The number of piperidine rings is 2. The Morgan fingerprint density at radius 1 is 1.29 bits per heavy atom. The van der Waals surface area contributed by atoms with Crippen LogP contribution in [0.4, 0.5) is 0 Å². The van der Waals surface area contributed by atoms with Crippen LogP contribution in [0.5, 0.6) is 0 Å². The Bertz CT molecular complexity index is 220. The van der Waals surface area contributed by atoms with Crippen molar-refractivity contribution in [3.05, 3.63) is 0 Å². The summed E-state index contributed by atoms with van der Waals surface area (Å²) in [6.45, 7) is 6.15. The maximum absolute atomic E-state index is 5.61. The number of nitrogens with zero attached hydrogens (tertiary/aromatic N) is 1. The first kappa shape index (κ1) is 13.3. The van der Waals surface area contributed by atoms with E-state index in [0.717, 1.165) is 31.3 Å². The third-order valence-corrected chi connectivity index (χ3v) is 4.51. The van der Waals surface area contributed by atoms with Crippen LogP contribution >= 0.6 is 0 Å². The molecule has 2 rings (SSSR count). The second-order valence-electron chi connectivity index (χ2n) is 5.65. The van der Waals surface area contributed by atoms with E-state index in [0.29, 0.717) is 6.04 Å². The summed E-state index contributed by atoms with van der Waals surface area (Å²) < 4.78 is 5.61. The van der Waals surface area contributed by atoms with Gasteiger partial charge in [-0.1, -0.05) is 6.42 Å². The van der Waals surface area contributed by atoms with Gasteiger partial charge in [0.25, 0.3) is 0 Å². The molecule has 3 heteroatoms. The average Bonchev–Trinajstić information content (AvgIpc) is 2.34. The highest BCUT2D eigenvalue weighted by Gasteiger charge is 2.39. The molecule has 0 saturated carbocycles. The lowest BCUT2D eigenvalue weighted by Gasteiger charge is -2.51. The summed E-state index contributed by atoms with van der Waals surface area (Å²) in [5.74, 6) is 0. The summed E-state index contributed by atoms with van der Waals surface area (Å²) in [7, 11) is 2.11. The Balaban J connectivity index is 1.97. The third-order valence-electron chi connectivity index (χ3n) is 4.51. The summed E-state index contributed by atoms with van der Waals surface area (Å²) in [4.78, 5) is 2.76. The Kier molecular flexibility index (Phi) is 4.83. The third kappa shape index (κ3) is 3.01. The quantitative estimate of drug-likeness (QED) is 0.795. The van der Waals surface area contributed by atoms with Gasteiger partial charge in [0.15, 0.2) is 0 Å². The van der Waals surface area contributed by atoms with Crippen LogP contribution in [0.15, 0.2) is 0 Å². The van der Waals surface area contributed by atoms with Gasteiger partial charge in [-0.2, -0.15) is 0 Å². The summed E-state index contributed by atoms with van der Waals surface area (Å²) in [5, 5.41) is 3.48. The van der Waals surface area contributed by atoms with Gasteiger partial charge in [-0.3, -0.25) is 4.90 Å². The molecule has 0 aromatic rings. The molecular weight excluding hydrogens is 212 g/mol. The zero-order chi connectivity index (χ0) is 12.3. The molecule has 2 aliphatic rings. The molecule has 2 bridgehead atoms. The van der Waals surface area contributed by atoms with Crippen molar-refractivity contribution in [2.75, 3.05) is 20.3 Å². The average molecular weight is 240 g/mol. The van der Waals surface area contributed by atoms with Gasteiger partial charge in [0.05, 0.1) is 6.61 Å². The first-order chi connectivity index (χ1) is 8.26. The number of ether oxygens (including phenoxy) is 1. The molecule has 2 aliphatic heterocycles. The van der Waals surface area contributed by atoms with Crippen molar-refractivity contribution >= 4 is 0 Å². The van der Waals surface area contributed by atoms with Crippen molar-refractivity contribution in [2.24, 2.45) is 0 Å². The Morgan fingerprint density at radius 3 is 2.47 bits per heavy atom. The molecule has 0 spiro atoms. The minimum Gasteiger partial charge on any atom is -0.380 e. The summed E-state index contributed by atoms with van der Waals surface area (Å²) >= 11 is 0. The summed E-state index contributed by atoms with van der Waals surface area (Å²) in [5.41, 5.74) is 0. The van der Waals surface area contributed by atoms with Gasteiger partial charge in [0.1, 0.15) is 0 Å². The molecule has 3 atom stereocenters. The molecular formula is C14H28N2O. The van der Waals surface area contributed by atoms with Crippen LogP contribution in [0.3, 0.4) is 0 Å². The van der Waals surface area contributed by atoms with Crippen LogP contribution < -0.4 is 5.32 Å². The van der Waals surface area contributed by atoms with Gasteiger partial charge < -0.3 is 10.1 Å². The van der Waals surface area contributed by atoms with Crippen LogP contribution in [-0.4, -0.2) is 49.3 Å². The van der Waals surface area contributed by atoms with Crippen molar-refractivity contribution in [1.29, 1.82) is 0 Å². The van der Waals surface area contributed by atoms with Crippen molar-refractivity contribution in [1.82, 2.24) is 10.2 Å². The van der Waals surface area contributed by atoms with Crippen molar-refractivity contribution in [2.45, 2.75) is 70.1 Å². The maximum atomic E-state index is 5.61. The molecule has 0 amide bonds. The maximum Gasteiger partial charge on any atom is 0.0619 e. The van der Waals surface area contributed by atoms with E-state index in [-0.39, 0.29) is 0 Å². The highest BCUT2D eigenvalue weighted by molar-refractivity contribution is 4.96. The van der Waals surface area contributed by atoms with E-state index in [1.165, 1.54) is 32.1 Å². The van der Waals surface area contributed by atoms with Crippen molar-refractivity contribution in [3.63, 3.8) is 0 Å². The number of hydrogen-bond donors (Lipinski definition) is 1. The monoisotopic (exact) mass is 240 g/mol. The molecule has 0 aromatic heterocycles. The van der Waals surface area contributed by atoms with Crippen LogP contribution in [0.25, 0.3) is 0 Å². The number of hydrogen-bond acceptors (Lipinski definition) is 3. The van der Waals surface area contributed by atoms with E-state index in [2.05, 4.69) is 31.1 Å². The van der Waals surface area contributed by atoms with Gasteiger partial charge in [0, 0.05) is 30.8 Å². The molecule has 17 heavy (non-hydrogen) atoms. The predicted octanol–water partition coefficient (Wildman–Crippen LogP) is 2.02. The molecule has 1 N–H and O–H groups in total. The second-order valence-corrected chi connectivity index (χ2v) is 5.65. The normalized spacial score (nSPS) is 35.8. The molecule has 0 aromatic carbocycles. The first-order valence-corrected chi connectivity index (χ1v) is 7.28. The Morgan fingerprint density at radius 2 is 1.94 bits per heavy atom. The highest BCUT2D eigenvalue weighted by atomic mass is 16.5. The Labute approximate surface area is 106 Å². The standard InChI is InChI=1S/C14H28N2O/c1-4-17-10-11(2)16-13-6-5-7-14(16)9-12(8-13)15-3/h11-15H,4-10H2,1-3H3. The van der Waals surface area contributed by atoms with E-state index >= 15 is 0 Å². The second kappa shape index (κ2) is 6.17. The van der Waals surface area contributed by atoms with E-state index in [1.54, 1.807) is 0 Å². The zero-order valence-electron chi connectivity index (χ0n) is 11.6. The molecule has 2 fully saturated rings.